The summed E-state index contributed by atoms with van der Waals surface area (Å²) in [4.78, 5) is 35.4. The van der Waals surface area contributed by atoms with E-state index < -0.39 is 0 Å². The van der Waals surface area contributed by atoms with Crippen LogP contribution in [0.4, 0.5) is 5.00 Å². The van der Waals surface area contributed by atoms with E-state index in [2.05, 4.69) is 19.8 Å². The van der Waals surface area contributed by atoms with Crippen LogP contribution in [0.1, 0.15) is 10.4 Å². The minimum absolute atomic E-state index is 0.239. The van der Waals surface area contributed by atoms with Gasteiger partial charge in [-0.3, -0.25) is 9.59 Å². The molecule has 0 saturated heterocycles. The molecule has 1 aromatic carbocycles. The fraction of sp³-hybridized carbons (Fsp3) is 0.238. The standard InChI is InChI=1S/C21H24N4O2S/c1-24(2)11-12-25(3)19-10-9-16(28-19)14-18-21(27)22-17(20(26)23-18)13-15-7-5-4-6-8-15/h4-10,13-14H,11-12H2,1-3H3,(H,22,27)(H,23,26)/b17-13-,18-14-. The Morgan fingerprint density at radius 2 is 1.50 bits per heavy atom. The van der Waals surface area contributed by atoms with Crippen LogP contribution in [0.2, 0.25) is 0 Å². The lowest BCUT2D eigenvalue weighted by Crippen LogP contribution is -2.46. The molecule has 0 spiro atoms. The first-order chi connectivity index (χ1) is 13.4. The second-order valence-corrected chi connectivity index (χ2v) is 7.93. The Labute approximate surface area is 167 Å². The molecule has 0 aliphatic rings. The first-order valence-corrected chi connectivity index (χ1v) is 9.81. The van der Waals surface area contributed by atoms with E-state index >= 15 is 0 Å². The van der Waals surface area contributed by atoms with Gasteiger partial charge in [0.05, 0.1) is 5.00 Å². The number of H-pyrrole nitrogens is 2. The quantitative estimate of drug-likeness (QED) is 0.646. The Balaban J connectivity index is 1.90. The van der Waals surface area contributed by atoms with Gasteiger partial charge < -0.3 is 19.8 Å². The molecule has 2 N–H and O–H groups in total. The van der Waals surface area contributed by atoms with Crippen LogP contribution in [0.15, 0.2) is 52.1 Å². The normalized spacial score (nSPS) is 12.7. The number of benzene rings is 1. The van der Waals surface area contributed by atoms with Crippen LogP contribution >= 0.6 is 11.3 Å². The molecule has 0 atom stereocenters. The molecule has 0 aliphatic heterocycles. The maximum Gasteiger partial charge on any atom is 0.272 e. The van der Waals surface area contributed by atoms with Gasteiger partial charge >= 0.3 is 0 Å². The molecular formula is C21H24N4O2S. The maximum absolute atomic E-state index is 12.4. The van der Waals surface area contributed by atoms with Gasteiger partial charge in [-0.15, -0.1) is 11.3 Å². The Morgan fingerprint density at radius 1 is 0.857 bits per heavy atom. The number of aromatic nitrogens is 2. The van der Waals surface area contributed by atoms with E-state index in [1.165, 1.54) is 0 Å². The highest BCUT2D eigenvalue weighted by Gasteiger charge is 2.05. The number of rotatable bonds is 6. The van der Waals surface area contributed by atoms with Crippen molar-refractivity contribution in [3.8, 4) is 0 Å². The monoisotopic (exact) mass is 396 g/mol. The van der Waals surface area contributed by atoms with Crippen molar-refractivity contribution < 1.29 is 0 Å². The zero-order valence-corrected chi connectivity index (χ0v) is 17.0. The SMILES string of the molecule is CN(C)CCN(C)c1ccc(/C=c2\[nH]c(=O)/c(=C/c3ccccc3)[nH]c2=O)s1. The van der Waals surface area contributed by atoms with Crippen LogP contribution in [0.3, 0.4) is 0 Å². The van der Waals surface area contributed by atoms with Crippen molar-refractivity contribution in [3.05, 3.63) is 84.3 Å². The second-order valence-electron chi connectivity index (χ2n) is 6.84. The second kappa shape index (κ2) is 8.86. The predicted molar refractivity (Wildman–Crippen MR) is 117 cm³/mol. The fourth-order valence-electron chi connectivity index (χ4n) is 2.64. The molecule has 0 radical (unpaired) electrons. The van der Waals surface area contributed by atoms with Gasteiger partial charge in [-0.1, -0.05) is 30.3 Å². The predicted octanol–water partition coefficient (Wildman–Crippen LogP) is 0.780. The molecule has 0 aliphatic carbocycles. The fourth-order valence-corrected chi connectivity index (χ4v) is 3.58. The van der Waals surface area contributed by atoms with E-state index in [4.69, 9.17) is 0 Å². The molecule has 2 heterocycles. The van der Waals surface area contributed by atoms with Crippen LogP contribution in [0.25, 0.3) is 12.2 Å². The smallest absolute Gasteiger partial charge is 0.272 e. The summed E-state index contributed by atoms with van der Waals surface area (Å²) >= 11 is 1.58. The van der Waals surface area contributed by atoms with E-state index in [1.807, 2.05) is 63.6 Å². The van der Waals surface area contributed by atoms with E-state index in [0.717, 1.165) is 28.5 Å². The average Bonchev–Trinajstić information content (AvgIpc) is 3.13. The zero-order valence-electron chi connectivity index (χ0n) is 16.2. The summed E-state index contributed by atoms with van der Waals surface area (Å²) in [6.45, 7) is 1.87. The van der Waals surface area contributed by atoms with Gasteiger partial charge in [0.2, 0.25) is 0 Å². The lowest BCUT2D eigenvalue weighted by atomic mass is 10.2. The lowest BCUT2D eigenvalue weighted by molar-refractivity contribution is 0.417. The van der Waals surface area contributed by atoms with E-state index in [0.29, 0.717) is 0 Å². The third-order valence-electron chi connectivity index (χ3n) is 4.25. The highest BCUT2D eigenvalue weighted by Crippen LogP contribution is 2.25. The Morgan fingerprint density at radius 3 is 2.14 bits per heavy atom. The molecule has 3 aromatic rings. The number of likely N-dealkylation sites (N-methyl/N-ethyl adjacent to an activating group) is 2. The van der Waals surface area contributed by atoms with Gasteiger partial charge in [0.15, 0.2) is 0 Å². The molecule has 0 amide bonds. The molecule has 6 nitrogen and oxygen atoms in total. The summed E-state index contributed by atoms with van der Waals surface area (Å²) in [5.74, 6) is 0. The maximum atomic E-state index is 12.4. The number of hydrogen-bond donors (Lipinski definition) is 2. The summed E-state index contributed by atoms with van der Waals surface area (Å²) in [6.07, 6.45) is 3.37. The van der Waals surface area contributed by atoms with Crippen molar-refractivity contribution >= 4 is 28.5 Å². The van der Waals surface area contributed by atoms with Crippen molar-refractivity contribution in [1.82, 2.24) is 14.9 Å². The van der Waals surface area contributed by atoms with Crippen LogP contribution in [-0.2, 0) is 0 Å². The Hall–Kier alpha value is -2.90. The molecule has 0 bridgehead atoms. The molecule has 146 valence electrons. The minimum atomic E-state index is -0.324. The zero-order chi connectivity index (χ0) is 20.1. The van der Waals surface area contributed by atoms with Gasteiger partial charge in [0.1, 0.15) is 10.7 Å². The third-order valence-corrected chi connectivity index (χ3v) is 5.40. The van der Waals surface area contributed by atoms with Crippen LogP contribution in [0.5, 0.6) is 0 Å². The number of aromatic amines is 2. The van der Waals surface area contributed by atoms with Crippen molar-refractivity contribution in [2.24, 2.45) is 0 Å². The third kappa shape index (κ3) is 5.09. The van der Waals surface area contributed by atoms with Crippen molar-refractivity contribution in [2.75, 3.05) is 39.1 Å². The summed E-state index contributed by atoms with van der Waals surface area (Å²) in [7, 11) is 6.13. The first kappa shape index (κ1) is 19.9. The molecule has 7 heteroatoms. The number of hydrogen-bond acceptors (Lipinski definition) is 5. The van der Waals surface area contributed by atoms with Gasteiger partial charge in [0, 0.05) is 25.0 Å². The minimum Gasteiger partial charge on any atom is -0.365 e. The average molecular weight is 397 g/mol. The highest BCUT2D eigenvalue weighted by atomic mass is 32.1. The van der Waals surface area contributed by atoms with Crippen LogP contribution < -0.4 is 26.7 Å². The summed E-state index contributed by atoms with van der Waals surface area (Å²) < 4.78 is 0. The van der Waals surface area contributed by atoms with E-state index in [1.54, 1.807) is 23.5 Å². The molecule has 0 unspecified atom stereocenters. The number of nitrogens with zero attached hydrogens (tertiary/aromatic N) is 2. The lowest BCUT2D eigenvalue weighted by Gasteiger charge is -2.19. The molecule has 2 aromatic heterocycles. The number of anilines is 1. The van der Waals surface area contributed by atoms with Gasteiger partial charge in [-0.2, -0.15) is 0 Å². The summed E-state index contributed by atoms with van der Waals surface area (Å²) in [5, 5.41) is 1.60. The van der Waals surface area contributed by atoms with Crippen molar-refractivity contribution in [3.63, 3.8) is 0 Å². The summed E-state index contributed by atoms with van der Waals surface area (Å²) in [5.41, 5.74) is 0.205. The number of thiophene rings is 1. The Bertz CT molecular complexity index is 1160. The van der Waals surface area contributed by atoms with Crippen LogP contribution in [-0.4, -0.2) is 49.1 Å². The van der Waals surface area contributed by atoms with Crippen molar-refractivity contribution in [2.45, 2.75) is 0 Å². The largest absolute Gasteiger partial charge is 0.365 e. The van der Waals surface area contributed by atoms with Gasteiger partial charge in [-0.25, -0.2) is 0 Å². The highest BCUT2D eigenvalue weighted by molar-refractivity contribution is 7.16. The topological polar surface area (TPSA) is 72.2 Å². The molecule has 0 saturated carbocycles. The van der Waals surface area contributed by atoms with Gasteiger partial charge in [0.25, 0.3) is 11.1 Å². The number of nitrogens with one attached hydrogen (secondary N) is 2. The van der Waals surface area contributed by atoms with E-state index in [-0.39, 0.29) is 21.8 Å². The molecule has 0 fully saturated rings. The van der Waals surface area contributed by atoms with E-state index in [9.17, 15) is 9.59 Å². The van der Waals surface area contributed by atoms with Gasteiger partial charge in [-0.05, 0) is 43.9 Å². The first-order valence-electron chi connectivity index (χ1n) is 8.99. The Kier molecular flexibility index (Phi) is 6.28. The molecule has 3 rings (SSSR count). The van der Waals surface area contributed by atoms with Crippen molar-refractivity contribution in [1.29, 1.82) is 0 Å². The molecular weight excluding hydrogens is 372 g/mol. The van der Waals surface area contributed by atoms with Crippen LogP contribution in [0, 0.1) is 0 Å². The summed E-state index contributed by atoms with van der Waals surface area (Å²) in [6, 6.07) is 13.4. The molecule has 28 heavy (non-hydrogen) atoms.